The molecule has 1 heterocycles. The highest BCUT2D eigenvalue weighted by Crippen LogP contribution is 2.25. The van der Waals surface area contributed by atoms with E-state index in [0.29, 0.717) is 13.0 Å². The second kappa shape index (κ2) is 4.21. The lowest BCUT2D eigenvalue weighted by atomic mass is 9.89. The minimum atomic E-state index is -0.728. The molecule has 0 bridgehead atoms. The number of rotatable bonds is 2. The summed E-state index contributed by atoms with van der Waals surface area (Å²) < 4.78 is 5.31. The fourth-order valence-electron chi connectivity index (χ4n) is 2.03. The van der Waals surface area contributed by atoms with E-state index < -0.39 is 5.60 Å². The van der Waals surface area contributed by atoms with E-state index in [1.165, 1.54) is 0 Å². The molecule has 3 heteroatoms. The third kappa shape index (κ3) is 2.49. The van der Waals surface area contributed by atoms with Gasteiger partial charge in [0.2, 0.25) is 0 Å². The summed E-state index contributed by atoms with van der Waals surface area (Å²) in [4.78, 5) is 0. The number of hydrogen-bond donors (Lipinski definition) is 2. The zero-order chi connectivity index (χ0) is 10.7. The zero-order valence-corrected chi connectivity index (χ0v) is 8.78. The number of para-hydroxylation sites is 1. The van der Waals surface area contributed by atoms with Crippen LogP contribution in [0.25, 0.3) is 0 Å². The van der Waals surface area contributed by atoms with Crippen molar-refractivity contribution in [1.29, 1.82) is 0 Å². The summed E-state index contributed by atoms with van der Waals surface area (Å²) in [6, 6.07) is 7.67. The molecule has 15 heavy (non-hydrogen) atoms. The average molecular weight is 207 g/mol. The molecule has 0 aromatic heterocycles. The van der Waals surface area contributed by atoms with Gasteiger partial charge < -0.3 is 15.6 Å². The van der Waals surface area contributed by atoms with E-state index in [0.717, 1.165) is 30.7 Å². The van der Waals surface area contributed by atoms with E-state index in [1.54, 1.807) is 0 Å². The molecule has 0 saturated carbocycles. The molecule has 1 aliphatic rings. The van der Waals surface area contributed by atoms with Gasteiger partial charge in [0.1, 0.15) is 0 Å². The smallest absolute Gasteiger partial charge is 0.0921 e. The van der Waals surface area contributed by atoms with Crippen LogP contribution in [0.2, 0.25) is 0 Å². The van der Waals surface area contributed by atoms with Gasteiger partial charge >= 0.3 is 0 Å². The van der Waals surface area contributed by atoms with Crippen molar-refractivity contribution in [3.8, 4) is 0 Å². The minimum absolute atomic E-state index is 0.418. The van der Waals surface area contributed by atoms with Crippen molar-refractivity contribution >= 4 is 5.69 Å². The van der Waals surface area contributed by atoms with E-state index in [-0.39, 0.29) is 0 Å². The topological polar surface area (TPSA) is 55.5 Å². The number of benzene rings is 1. The Morgan fingerprint density at radius 2 is 2.20 bits per heavy atom. The summed E-state index contributed by atoms with van der Waals surface area (Å²) >= 11 is 0. The van der Waals surface area contributed by atoms with Gasteiger partial charge in [-0.3, -0.25) is 0 Å². The molecule has 0 radical (unpaired) electrons. The number of aliphatic hydroxyl groups is 1. The van der Waals surface area contributed by atoms with Crippen LogP contribution in [0.5, 0.6) is 0 Å². The van der Waals surface area contributed by atoms with Gasteiger partial charge in [-0.15, -0.1) is 0 Å². The van der Waals surface area contributed by atoms with Crippen molar-refractivity contribution < 1.29 is 9.84 Å². The van der Waals surface area contributed by atoms with Crippen LogP contribution in [0.1, 0.15) is 18.4 Å². The van der Waals surface area contributed by atoms with E-state index >= 15 is 0 Å². The Hall–Kier alpha value is -1.06. The molecule has 1 aliphatic heterocycles. The predicted molar refractivity (Wildman–Crippen MR) is 59.6 cm³/mol. The first-order valence-corrected chi connectivity index (χ1v) is 5.33. The van der Waals surface area contributed by atoms with Crippen LogP contribution < -0.4 is 5.73 Å². The van der Waals surface area contributed by atoms with Gasteiger partial charge in [-0.1, -0.05) is 18.2 Å². The number of hydrogen-bond acceptors (Lipinski definition) is 3. The number of nitrogens with two attached hydrogens (primary N) is 1. The monoisotopic (exact) mass is 207 g/mol. The van der Waals surface area contributed by atoms with Crippen LogP contribution in [-0.2, 0) is 11.2 Å². The summed E-state index contributed by atoms with van der Waals surface area (Å²) in [5.74, 6) is 0. The van der Waals surface area contributed by atoms with Crippen molar-refractivity contribution in [3.05, 3.63) is 29.8 Å². The Morgan fingerprint density at radius 3 is 2.87 bits per heavy atom. The second-order valence-corrected chi connectivity index (χ2v) is 4.26. The van der Waals surface area contributed by atoms with Gasteiger partial charge in [-0.05, 0) is 24.5 Å². The predicted octanol–water partition coefficient (Wildman–Crippen LogP) is 1.35. The SMILES string of the molecule is Nc1ccccc1CC1(O)CCCOC1. The summed E-state index contributed by atoms with van der Waals surface area (Å²) in [7, 11) is 0. The van der Waals surface area contributed by atoms with E-state index in [9.17, 15) is 5.11 Å². The summed E-state index contributed by atoms with van der Waals surface area (Å²) in [5, 5.41) is 10.3. The lowest BCUT2D eigenvalue weighted by Gasteiger charge is -2.32. The van der Waals surface area contributed by atoms with Crippen LogP contribution in [-0.4, -0.2) is 23.9 Å². The molecule has 3 nitrogen and oxygen atoms in total. The van der Waals surface area contributed by atoms with Crippen LogP contribution in [0.15, 0.2) is 24.3 Å². The molecule has 2 rings (SSSR count). The minimum Gasteiger partial charge on any atom is -0.399 e. The number of anilines is 1. The maximum absolute atomic E-state index is 10.3. The van der Waals surface area contributed by atoms with Crippen LogP contribution in [0.3, 0.4) is 0 Å². The molecule has 1 saturated heterocycles. The van der Waals surface area contributed by atoms with Crippen molar-refractivity contribution in [3.63, 3.8) is 0 Å². The molecular weight excluding hydrogens is 190 g/mol. The fourth-order valence-corrected chi connectivity index (χ4v) is 2.03. The third-order valence-electron chi connectivity index (χ3n) is 2.88. The molecule has 0 amide bonds. The highest BCUT2D eigenvalue weighted by molar-refractivity contribution is 5.47. The average Bonchev–Trinajstić information content (AvgIpc) is 2.22. The van der Waals surface area contributed by atoms with Gasteiger partial charge in [0.05, 0.1) is 12.2 Å². The Balaban J connectivity index is 2.10. The zero-order valence-electron chi connectivity index (χ0n) is 8.78. The standard InChI is InChI=1S/C12H17NO2/c13-11-5-2-1-4-10(11)8-12(14)6-3-7-15-9-12/h1-2,4-5,14H,3,6-9,13H2. The van der Waals surface area contributed by atoms with Crippen molar-refractivity contribution in [2.45, 2.75) is 24.9 Å². The molecule has 3 N–H and O–H groups in total. The maximum atomic E-state index is 10.3. The van der Waals surface area contributed by atoms with E-state index in [2.05, 4.69) is 0 Å². The molecule has 0 spiro atoms. The summed E-state index contributed by atoms with van der Waals surface area (Å²) in [6.45, 7) is 1.17. The highest BCUT2D eigenvalue weighted by Gasteiger charge is 2.30. The Kier molecular flexibility index (Phi) is 2.93. The lowest BCUT2D eigenvalue weighted by molar-refractivity contribution is -0.0844. The number of ether oxygens (including phenoxy) is 1. The van der Waals surface area contributed by atoms with Crippen LogP contribution in [0.4, 0.5) is 5.69 Å². The molecule has 1 aromatic carbocycles. The Labute approximate surface area is 89.9 Å². The fraction of sp³-hybridized carbons (Fsp3) is 0.500. The molecule has 82 valence electrons. The second-order valence-electron chi connectivity index (χ2n) is 4.26. The Bertz CT molecular complexity index is 332. The van der Waals surface area contributed by atoms with E-state index in [4.69, 9.17) is 10.5 Å². The highest BCUT2D eigenvalue weighted by atomic mass is 16.5. The van der Waals surface area contributed by atoms with Gasteiger partial charge in [0, 0.05) is 18.7 Å². The quantitative estimate of drug-likeness (QED) is 0.720. The summed E-state index contributed by atoms with van der Waals surface area (Å²) in [5.41, 5.74) is 6.87. The lowest BCUT2D eigenvalue weighted by Crippen LogP contribution is -2.40. The van der Waals surface area contributed by atoms with Crippen LogP contribution >= 0.6 is 0 Å². The molecule has 1 aromatic rings. The molecule has 1 fully saturated rings. The van der Waals surface area contributed by atoms with Crippen molar-refractivity contribution in [2.24, 2.45) is 0 Å². The first-order chi connectivity index (χ1) is 7.20. The number of nitrogen functional groups attached to an aromatic ring is 1. The van der Waals surface area contributed by atoms with Gasteiger partial charge in [-0.2, -0.15) is 0 Å². The molecular formula is C12H17NO2. The first kappa shape index (κ1) is 10.5. The van der Waals surface area contributed by atoms with Gasteiger partial charge in [0.15, 0.2) is 0 Å². The Morgan fingerprint density at radius 1 is 1.40 bits per heavy atom. The maximum Gasteiger partial charge on any atom is 0.0921 e. The third-order valence-corrected chi connectivity index (χ3v) is 2.88. The first-order valence-electron chi connectivity index (χ1n) is 5.33. The molecule has 1 unspecified atom stereocenters. The normalized spacial score (nSPS) is 26.5. The van der Waals surface area contributed by atoms with Gasteiger partial charge in [0.25, 0.3) is 0 Å². The van der Waals surface area contributed by atoms with Gasteiger partial charge in [-0.25, -0.2) is 0 Å². The van der Waals surface area contributed by atoms with Crippen molar-refractivity contribution in [2.75, 3.05) is 18.9 Å². The summed E-state index contributed by atoms with van der Waals surface area (Å²) in [6.07, 6.45) is 2.30. The van der Waals surface area contributed by atoms with E-state index in [1.807, 2.05) is 24.3 Å². The largest absolute Gasteiger partial charge is 0.399 e. The molecule has 0 aliphatic carbocycles. The van der Waals surface area contributed by atoms with Crippen LogP contribution in [0, 0.1) is 0 Å². The van der Waals surface area contributed by atoms with Crippen molar-refractivity contribution in [1.82, 2.24) is 0 Å². The molecule has 1 atom stereocenters.